The van der Waals surface area contributed by atoms with E-state index in [1.165, 1.54) is 26.2 Å². The normalized spacial score (nSPS) is 45.0. The van der Waals surface area contributed by atoms with E-state index in [4.69, 9.17) is 0 Å². The molecule has 0 spiro atoms. The summed E-state index contributed by atoms with van der Waals surface area (Å²) in [5, 5.41) is 0. The van der Waals surface area contributed by atoms with Crippen LogP contribution in [0.5, 0.6) is 0 Å². The highest BCUT2D eigenvalue weighted by atomic mass is 15.4. The van der Waals surface area contributed by atoms with E-state index < -0.39 is 0 Å². The van der Waals surface area contributed by atoms with Crippen LogP contribution in [-0.2, 0) is 0 Å². The van der Waals surface area contributed by atoms with Crippen molar-refractivity contribution in [2.24, 2.45) is 11.8 Å². The summed E-state index contributed by atoms with van der Waals surface area (Å²) in [6, 6.07) is 1.71. The summed E-state index contributed by atoms with van der Waals surface area (Å²) in [6.07, 6.45) is 2.97. The lowest BCUT2D eigenvalue weighted by atomic mass is 10.1. The molecule has 3 fully saturated rings. The molecular formula is C11H20N2. The second kappa shape index (κ2) is 2.71. The van der Waals surface area contributed by atoms with Crippen LogP contribution in [0.2, 0.25) is 0 Å². The van der Waals surface area contributed by atoms with Crippen LogP contribution in [0.3, 0.4) is 0 Å². The fraction of sp³-hybridized carbons (Fsp3) is 1.00. The lowest BCUT2D eigenvalue weighted by Gasteiger charge is -2.41. The maximum atomic E-state index is 2.72. The fourth-order valence-corrected chi connectivity index (χ4v) is 3.24. The molecule has 3 atom stereocenters. The maximum Gasteiger partial charge on any atom is 0.0511 e. The molecule has 74 valence electrons. The summed E-state index contributed by atoms with van der Waals surface area (Å²) >= 11 is 0. The molecule has 0 radical (unpaired) electrons. The van der Waals surface area contributed by atoms with Gasteiger partial charge < -0.3 is 0 Å². The fourth-order valence-electron chi connectivity index (χ4n) is 3.24. The van der Waals surface area contributed by atoms with Gasteiger partial charge in [-0.15, -0.1) is 0 Å². The van der Waals surface area contributed by atoms with Crippen molar-refractivity contribution in [3.8, 4) is 0 Å². The highest BCUT2D eigenvalue weighted by Crippen LogP contribution is 2.51. The highest BCUT2D eigenvalue weighted by molar-refractivity contribution is 5.05. The number of piperidine rings is 1. The van der Waals surface area contributed by atoms with Gasteiger partial charge in [0, 0.05) is 25.2 Å². The molecule has 13 heavy (non-hydrogen) atoms. The quantitative estimate of drug-likeness (QED) is 0.601. The molecule has 2 heterocycles. The summed E-state index contributed by atoms with van der Waals surface area (Å²) < 4.78 is 0. The zero-order valence-electron chi connectivity index (χ0n) is 8.74. The standard InChI is InChI=1S/C11H20N2/c1-8(2)12-4-3-11-10-5-9(10)6-13(11)7-12/h8-11H,3-7H2,1-2H3. The molecule has 3 aliphatic rings. The van der Waals surface area contributed by atoms with Crippen molar-refractivity contribution < 1.29 is 0 Å². The van der Waals surface area contributed by atoms with Crippen molar-refractivity contribution in [1.82, 2.24) is 9.80 Å². The molecule has 3 unspecified atom stereocenters. The predicted octanol–water partition coefficient (Wildman–Crippen LogP) is 1.38. The molecule has 3 rings (SSSR count). The minimum Gasteiger partial charge on any atom is -0.288 e. The number of hydrogen-bond donors (Lipinski definition) is 0. The van der Waals surface area contributed by atoms with E-state index in [2.05, 4.69) is 23.6 Å². The maximum absolute atomic E-state index is 2.72. The monoisotopic (exact) mass is 180 g/mol. The van der Waals surface area contributed by atoms with E-state index in [1.807, 2.05) is 0 Å². The van der Waals surface area contributed by atoms with Crippen LogP contribution in [-0.4, -0.2) is 41.6 Å². The minimum atomic E-state index is 0.734. The first-order valence-electron chi connectivity index (χ1n) is 5.74. The Balaban J connectivity index is 1.67. The first-order chi connectivity index (χ1) is 6.25. The van der Waals surface area contributed by atoms with E-state index in [0.717, 1.165) is 23.9 Å². The van der Waals surface area contributed by atoms with Crippen molar-refractivity contribution >= 4 is 0 Å². The zero-order valence-corrected chi connectivity index (χ0v) is 8.74. The summed E-state index contributed by atoms with van der Waals surface area (Å²) in [4.78, 5) is 5.34. The lowest BCUT2D eigenvalue weighted by Crippen LogP contribution is -2.51. The van der Waals surface area contributed by atoms with Crippen LogP contribution in [0.1, 0.15) is 26.7 Å². The second-order valence-corrected chi connectivity index (χ2v) is 5.33. The number of hydrogen-bond acceptors (Lipinski definition) is 2. The molecule has 0 aromatic rings. The molecular weight excluding hydrogens is 160 g/mol. The van der Waals surface area contributed by atoms with Crippen LogP contribution in [0.4, 0.5) is 0 Å². The molecule has 0 amide bonds. The third-order valence-corrected chi connectivity index (χ3v) is 4.22. The van der Waals surface area contributed by atoms with Crippen LogP contribution >= 0.6 is 0 Å². The molecule has 2 nitrogen and oxygen atoms in total. The average Bonchev–Trinajstić information content (AvgIpc) is 2.78. The summed E-state index contributed by atoms with van der Waals surface area (Å²) in [5.41, 5.74) is 0. The highest BCUT2D eigenvalue weighted by Gasteiger charge is 2.53. The van der Waals surface area contributed by atoms with Gasteiger partial charge in [-0.2, -0.15) is 0 Å². The summed E-state index contributed by atoms with van der Waals surface area (Å²) in [7, 11) is 0. The van der Waals surface area contributed by atoms with E-state index >= 15 is 0 Å². The van der Waals surface area contributed by atoms with Gasteiger partial charge in [0.25, 0.3) is 0 Å². The van der Waals surface area contributed by atoms with Crippen molar-refractivity contribution in [3.63, 3.8) is 0 Å². The first-order valence-corrected chi connectivity index (χ1v) is 5.74. The third kappa shape index (κ3) is 1.23. The predicted molar refractivity (Wildman–Crippen MR) is 53.4 cm³/mol. The Kier molecular flexibility index (Phi) is 1.72. The molecule has 2 heteroatoms. The Hall–Kier alpha value is -0.0800. The smallest absolute Gasteiger partial charge is 0.0511 e. The van der Waals surface area contributed by atoms with Gasteiger partial charge in [-0.05, 0) is 38.5 Å². The number of fused-ring (bicyclic) bond motifs is 3. The second-order valence-electron chi connectivity index (χ2n) is 5.33. The van der Waals surface area contributed by atoms with Crippen molar-refractivity contribution in [2.45, 2.75) is 38.8 Å². The number of rotatable bonds is 1. The Morgan fingerprint density at radius 1 is 1.31 bits per heavy atom. The van der Waals surface area contributed by atoms with Gasteiger partial charge in [0.15, 0.2) is 0 Å². The SMILES string of the molecule is CC(C)N1CCC2C3CC3CN2C1. The topological polar surface area (TPSA) is 6.48 Å². The Morgan fingerprint density at radius 2 is 2.15 bits per heavy atom. The molecule has 2 aliphatic heterocycles. The number of nitrogens with zero attached hydrogens (tertiary/aromatic N) is 2. The van der Waals surface area contributed by atoms with Gasteiger partial charge in [0.1, 0.15) is 0 Å². The lowest BCUT2D eigenvalue weighted by molar-refractivity contribution is 0.0321. The molecule has 1 aliphatic carbocycles. The Labute approximate surface area is 80.9 Å². The van der Waals surface area contributed by atoms with Gasteiger partial charge in [0.2, 0.25) is 0 Å². The van der Waals surface area contributed by atoms with Crippen molar-refractivity contribution in [3.05, 3.63) is 0 Å². The van der Waals surface area contributed by atoms with E-state index in [0.29, 0.717) is 0 Å². The Morgan fingerprint density at radius 3 is 2.92 bits per heavy atom. The van der Waals surface area contributed by atoms with E-state index in [1.54, 1.807) is 6.42 Å². The molecule has 1 saturated carbocycles. The average molecular weight is 180 g/mol. The van der Waals surface area contributed by atoms with Crippen LogP contribution < -0.4 is 0 Å². The first kappa shape index (κ1) is 8.25. The van der Waals surface area contributed by atoms with Crippen LogP contribution in [0.15, 0.2) is 0 Å². The van der Waals surface area contributed by atoms with Gasteiger partial charge in [-0.1, -0.05) is 0 Å². The van der Waals surface area contributed by atoms with Gasteiger partial charge in [-0.25, -0.2) is 0 Å². The van der Waals surface area contributed by atoms with Gasteiger partial charge >= 0.3 is 0 Å². The third-order valence-electron chi connectivity index (χ3n) is 4.22. The van der Waals surface area contributed by atoms with Gasteiger partial charge in [0.05, 0.1) is 6.67 Å². The van der Waals surface area contributed by atoms with E-state index in [9.17, 15) is 0 Å². The summed E-state index contributed by atoms with van der Waals surface area (Å²) in [6.45, 7) is 8.62. The summed E-state index contributed by atoms with van der Waals surface area (Å²) in [5.74, 6) is 2.20. The van der Waals surface area contributed by atoms with Crippen molar-refractivity contribution in [2.75, 3.05) is 19.8 Å². The van der Waals surface area contributed by atoms with Crippen molar-refractivity contribution in [1.29, 1.82) is 0 Å². The minimum absolute atomic E-state index is 0.734. The Bertz CT molecular complexity index is 214. The molecule has 2 saturated heterocycles. The molecule has 0 bridgehead atoms. The van der Waals surface area contributed by atoms with E-state index in [-0.39, 0.29) is 0 Å². The van der Waals surface area contributed by atoms with Crippen LogP contribution in [0, 0.1) is 11.8 Å². The molecule has 0 aromatic carbocycles. The molecule has 0 aromatic heterocycles. The molecule has 0 N–H and O–H groups in total. The van der Waals surface area contributed by atoms with Gasteiger partial charge in [-0.3, -0.25) is 9.80 Å². The zero-order chi connectivity index (χ0) is 9.00. The van der Waals surface area contributed by atoms with Crippen LogP contribution in [0.25, 0.3) is 0 Å². The largest absolute Gasteiger partial charge is 0.288 e.